The Hall–Kier alpha value is -2.64. The lowest BCUT2D eigenvalue weighted by atomic mass is 9.78. The normalized spacial score (nSPS) is 19.7. The molecule has 0 radical (unpaired) electrons. The Kier molecular flexibility index (Phi) is 7.62. The molecule has 0 spiro atoms. The lowest BCUT2D eigenvalue weighted by Gasteiger charge is -2.36. The predicted molar refractivity (Wildman–Crippen MR) is 125 cm³/mol. The van der Waals surface area contributed by atoms with E-state index in [0.717, 1.165) is 50.0 Å². The van der Waals surface area contributed by atoms with Crippen LogP contribution in [-0.2, 0) is 23.0 Å². The van der Waals surface area contributed by atoms with Crippen molar-refractivity contribution in [2.24, 2.45) is 5.92 Å². The van der Waals surface area contributed by atoms with Gasteiger partial charge in [-0.25, -0.2) is 8.78 Å². The summed E-state index contributed by atoms with van der Waals surface area (Å²) in [6, 6.07) is 4.67. The zero-order valence-electron chi connectivity index (χ0n) is 20.4. The van der Waals surface area contributed by atoms with E-state index in [2.05, 4.69) is 6.92 Å². The topological polar surface area (TPSA) is 18.5 Å². The van der Waals surface area contributed by atoms with Crippen molar-refractivity contribution < 1.29 is 35.8 Å². The van der Waals surface area contributed by atoms with Crippen molar-refractivity contribution in [1.82, 2.24) is 0 Å². The van der Waals surface area contributed by atoms with Crippen molar-refractivity contribution in [1.29, 1.82) is 0 Å². The first-order valence-electron chi connectivity index (χ1n) is 12.5. The molecule has 0 aromatic heterocycles. The fraction of sp³-hybridized carbons (Fsp3) is 0.500. The number of unbranched alkanes of at least 4 members (excludes halogenated alkanes) is 2. The van der Waals surface area contributed by atoms with Gasteiger partial charge >= 0.3 is 11.8 Å². The third-order valence-electron chi connectivity index (χ3n) is 6.97. The van der Waals surface area contributed by atoms with Crippen LogP contribution < -0.4 is 4.74 Å². The molecule has 1 aliphatic carbocycles. The van der Waals surface area contributed by atoms with Gasteiger partial charge in [0, 0.05) is 6.42 Å². The van der Waals surface area contributed by atoms with Crippen LogP contribution in [0.25, 0.3) is 11.1 Å². The maximum atomic E-state index is 15.4. The number of fused-ring (bicyclic) bond motifs is 3. The first kappa shape index (κ1) is 26.4. The second-order valence-electron chi connectivity index (χ2n) is 9.42. The Balaban J connectivity index is 1.60. The smallest absolute Gasteiger partial charge is 0.343 e. The van der Waals surface area contributed by atoms with Gasteiger partial charge in [-0.15, -0.1) is 0 Å². The molecule has 36 heavy (non-hydrogen) atoms. The Labute approximate surface area is 207 Å². The average molecular weight is 513 g/mol. The summed E-state index contributed by atoms with van der Waals surface area (Å²) >= 11 is 0. The van der Waals surface area contributed by atoms with Gasteiger partial charge in [0.1, 0.15) is 5.82 Å². The van der Waals surface area contributed by atoms with E-state index in [9.17, 15) is 4.39 Å². The molecule has 0 N–H and O–H groups in total. The maximum Gasteiger partial charge on any atom is 0.343 e. The van der Waals surface area contributed by atoms with Gasteiger partial charge in [-0.1, -0.05) is 31.9 Å². The third-order valence-corrected chi connectivity index (χ3v) is 6.97. The van der Waals surface area contributed by atoms with Crippen molar-refractivity contribution in [2.45, 2.75) is 70.6 Å². The molecule has 2 aliphatic rings. The van der Waals surface area contributed by atoms with Crippen LogP contribution in [0, 0.1) is 17.6 Å². The summed E-state index contributed by atoms with van der Waals surface area (Å²) in [5.41, 5.74) is -3.84. The molecule has 1 aliphatic heterocycles. The van der Waals surface area contributed by atoms with Crippen LogP contribution in [0.3, 0.4) is 0 Å². The molecular weight excluding hydrogens is 482 g/mol. The molecule has 1 heterocycles. The summed E-state index contributed by atoms with van der Waals surface area (Å²) in [4.78, 5) is 0. The molecule has 0 fully saturated rings. The summed E-state index contributed by atoms with van der Waals surface area (Å²) < 4.78 is 101. The molecule has 4 rings (SSSR count). The van der Waals surface area contributed by atoms with Gasteiger partial charge in [0.2, 0.25) is 0 Å². The first-order valence-corrected chi connectivity index (χ1v) is 12.5. The number of aryl methyl sites for hydroxylation is 1. The minimum absolute atomic E-state index is 0.0335. The van der Waals surface area contributed by atoms with Gasteiger partial charge in [-0.3, -0.25) is 0 Å². The van der Waals surface area contributed by atoms with Crippen molar-refractivity contribution in [2.75, 3.05) is 13.2 Å². The zero-order chi connectivity index (χ0) is 26.1. The zero-order valence-corrected chi connectivity index (χ0v) is 20.4. The maximum absolute atomic E-state index is 15.4. The van der Waals surface area contributed by atoms with Crippen molar-refractivity contribution in [3.8, 4) is 16.9 Å². The second kappa shape index (κ2) is 10.4. The number of halogens is 6. The van der Waals surface area contributed by atoms with E-state index in [4.69, 9.17) is 9.47 Å². The Morgan fingerprint density at radius 3 is 2.17 bits per heavy atom. The van der Waals surface area contributed by atoms with E-state index in [1.807, 2.05) is 6.08 Å². The lowest BCUT2D eigenvalue weighted by molar-refractivity contribution is -0.228. The number of rotatable bonds is 9. The predicted octanol–water partition coefficient (Wildman–Crippen LogP) is 8.66. The average Bonchev–Trinajstić information content (AvgIpc) is 2.84. The number of hydrogen-bond acceptors (Lipinski definition) is 2. The molecule has 0 amide bonds. The Morgan fingerprint density at radius 2 is 1.56 bits per heavy atom. The summed E-state index contributed by atoms with van der Waals surface area (Å²) in [6.45, 7) is 4.06. The van der Waals surface area contributed by atoms with E-state index >= 15 is 22.0 Å². The highest BCUT2D eigenvalue weighted by Gasteiger charge is 2.65. The fourth-order valence-electron chi connectivity index (χ4n) is 4.95. The summed E-state index contributed by atoms with van der Waals surface area (Å²) in [6.07, 6.45) is 7.46. The molecule has 1 unspecified atom stereocenters. The van der Waals surface area contributed by atoms with Crippen molar-refractivity contribution >= 4 is 0 Å². The van der Waals surface area contributed by atoms with E-state index in [1.54, 1.807) is 0 Å². The van der Waals surface area contributed by atoms with Crippen molar-refractivity contribution in [3.05, 3.63) is 64.4 Å². The largest absolute Gasteiger partial charge is 0.498 e. The highest BCUT2D eigenvalue weighted by Crippen LogP contribution is 2.60. The molecule has 8 heteroatoms. The molecule has 2 nitrogen and oxygen atoms in total. The molecular formula is C28H30F6O2. The molecule has 2 aromatic rings. The van der Waals surface area contributed by atoms with E-state index in [-0.39, 0.29) is 24.5 Å². The number of allylic oxidation sites excluding steroid dienone is 2. The highest BCUT2D eigenvalue weighted by atomic mass is 19.3. The van der Waals surface area contributed by atoms with Crippen LogP contribution in [0.4, 0.5) is 26.3 Å². The van der Waals surface area contributed by atoms with Crippen LogP contribution >= 0.6 is 0 Å². The molecule has 0 bridgehead atoms. The van der Waals surface area contributed by atoms with Gasteiger partial charge in [-0.2, -0.15) is 17.6 Å². The molecule has 196 valence electrons. The highest BCUT2D eigenvalue weighted by molar-refractivity contribution is 5.77. The van der Waals surface area contributed by atoms with Crippen LogP contribution in [0.5, 0.6) is 5.75 Å². The van der Waals surface area contributed by atoms with Gasteiger partial charge in [0.05, 0.1) is 30.1 Å². The number of benzene rings is 2. The minimum atomic E-state index is -4.96. The molecule has 2 aromatic carbocycles. The van der Waals surface area contributed by atoms with E-state index in [0.29, 0.717) is 13.0 Å². The van der Waals surface area contributed by atoms with Crippen LogP contribution in [0.2, 0.25) is 0 Å². The standard InChI is InChI=1S/C28H30F6O2/c1-3-5-6-7-19-12-9-17(16-36-19)8-10-18-11-13-20-21-14-15-22(35-4-2)26(30)24(21)28(33,34)27(31,32)23(20)25(18)29/h11-15,17H,3-10,16H2,1-2H3. The Morgan fingerprint density at radius 1 is 0.889 bits per heavy atom. The summed E-state index contributed by atoms with van der Waals surface area (Å²) in [5.74, 6) is -12.4. The fourth-order valence-corrected chi connectivity index (χ4v) is 4.95. The van der Waals surface area contributed by atoms with E-state index < -0.39 is 51.5 Å². The molecule has 0 saturated heterocycles. The first-order chi connectivity index (χ1) is 17.1. The number of hydrogen-bond donors (Lipinski definition) is 0. The van der Waals surface area contributed by atoms with E-state index in [1.165, 1.54) is 19.1 Å². The van der Waals surface area contributed by atoms with Gasteiger partial charge in [0.25, 0.3) is 0 Å². The van der Waals surface area contributed by atoms with Gasteiger partial charge in [0.15, 0.2) is 11.6 Å². The van der Waals surface area contributed by atoms with Gasteiger partial charge < -0.3 is 9.47 Å². The van der Waals surface area contributed by atoms with Crippen LogP contribution in [0.1, 0.15) is 69.1 Å². The Bertz CT molecular complexity index is 1140. The SMILES string of the molecule is CCCCCC1=CCC(CCc2ccc3c(c2F)C(F)(F)C(F)(F)c2c-3ccc(OCC)c2F)CO1. The third kappa shape index (κ3) is 4.59. The molecule has 1 atom stereocenters. The van der Waals surface area contributed by atoms with Crippen molar-refractivity contribution in [3.63, 3.8) is 0 Å². The second-order valence-corrected chi connectivity index (χ2v) is 9.42. The van der Waals surface area contributed by atoms with Crippen LogP contribution in [-0.4, -0.2) is 13.2 Å². The minimum Gasteiger partial charge on any atom is -0.498 e. The quantitative estimate of drug-likeness (QED) is 0.247. The van der Waals surface area contributed by atoms with Crippen LogP contribution in [0.15, 0.2) is 36.1 Å². The summed E-state index contributed by atoms with van der Waals surface area (Å²) in [5, 5.41) is 0. The monoisotopic (exact) mass is 512 g/mol. The number of ether oxygens (including phenoxy) is 2. The van der Waals surface area contributed by atoms with Gasteiger partial charge in [-0.05, 0) is 73.4 Å². The lowest BCUT2D eigenvalue weighted by Crippen LogP contribution is -2.41. The molecule has 0 saturated carbocycles. The number of alkyl halides is 4. The summed E-state index contributed by atoms with van der Waals surface area (Å²) in [7, 11) is 0.